The number of piperidine rings is 1. The van der Waals surface area contributed by atoms with E-state index in [1.807, 2.05) is 0 Å². The molecule has 1 atom stereocenters. The van der Waals surface area contributed by atoms with Gasteiger partial charge in [0.15, 0.2) is 0 Å². The van der Waals surface area contributed by atoms with Crippen molar-refractivity contribution in [1.82, 2.24) is 5.32 Å². The van der Waals surface area contributed by atoms with E-state index in [-0.39, 0.29) is 0 Å². The van der Waals surface area contributed by atoms with Gasteiger partial charge in [-0.2, -0.15) is 0 Å². The van der Waals surface area contributed by atoms with Gasteiger partial charge >= 0.3 is 0 Å². The highest BCUT2D eigenvalue weighted by molar-refractivity contribution is 5.83. The first-order chi connectivity index (χ1) is 7.38. The molecule has 2 fully saturated rings. The molecule has 1 unspecified atom stereocenters. The smallest absolute Gasteiger partial charge is 0.140 e. The molecule has 2 heteroatoms. The molecule has 1 heterocycles. The van der Waals surface area contributed by atoms with Gasteiger partial charge in [0.2, 0.25) is 0 Å². The molecule has 0 bridgehead atoms. The van der Waals surface area contributed by atoms with E-state index >= 15 is 0 Å². The van der Waals surface area contributed by atoms with Crippen LogP contribution >= 0.6 is 0 Å². The Bertz CT molecular complexity index is 201. The summed E-state index contributed by atoms with van der Waals surface area (Å²) in [5.41, 5.74) is 0. The van der Waals surface area contributed by atoms with Crippen molar-refractivity contribution in [1.29, 1.82) is 0 Å². The molecule has 2 nitrogen and oxygen atoms in total. The Morgan fingerprint density at radius 2 is 1.53 bits per heavy atom. The van der Waals surface area contributed by atoms with Gasteiger partial charge in [-0.15, -0.1) is 0 Å². The Morgan fingerprint density at radius 3 is 2.13 bits per heavy atom. The SMILES string of the molecule is O=C(C1CCCCCC1)C1CCCNC1. The third-order valence-electron chi connectivity index (χ3n) is 3.96. The van der Waals surface area contributed by atoms with Crippen molar-refractivity contribution in [2.24, 2.45) is 11.8 Å². The van der Waals surface area contributed by atoms with Crippen LogP contribution < -0.4 is 5.32 Å². The van der Waals surface area contributed by atoms with Crippen LogP contribution in [0.4, 0.5) is 0 Å². The number of ketones is 1. The fraction of sp³-hybridized carbons (Fsp3) is 0.923. The van der Waals surface area contributed by atoms with Crippen LogP contribution in [0.2, 0.25) is 0 Å². The average molecular weight is 209 g/mol. The third-order valence-corrected chi connectivity index (χ3v) is 3.96. The van der Waals surface area contributed by atoms with E-state index in [0.717, 1.165) is 32.4 Å². The largest absolute Gasteiger partial charge is 0.316 e. The Hall–Kier alpha value is -0.370. The average Bonchev–Trinajstić information content (AvgIpc) is 2.58. The van der Waals surface area contributed by atoms with Crippen LogP contribution in [0, 0.1) is 11.8 Å². The second-order valence-electron chi connectivity index (χ2n) is 5.13. The summed E-state index contributed by atoms with van der Waals surface area (Å²) in [6.07, 6.45) is 9.86. The van der Waals surface area contributed by atoms with Crippen LogP contribution in [0.15, 0.2) is 0 Å². The van der Waals surface area contributed by atoms with Crippen molar-refractivity contribution in [2.75, 3.05) is 13.1 Å². The summed E-state index contributed by atoms with van der Waals surface area (Å²) in [5, 5.41) is 3.35. The molecule has 0 radical (unpaired) electrons. The maximum absolute atomic E-state index is 12.3. The second-order valence-corrected chi connectivity index (χ2v) is 5.13. The predicted octanol–water partition coefficient (Wildman–Crippen LogP) is 2.53. The van der Waals surface area contributed by atoms with Crippen LogP contribution in [0.25, 0.3) is 0 Å². The normalized spacial score (nSPS) is 29.7. The zero-order valence-corrected chi connectivity index (χ0v) is 9.63. The number of carbonyl (C=O) groups excluding carboxylic acids is 1. The first kappa shape index (κ1) is 11.1. The zero-order chi connectivity index (χ0) is 10.5. The molecule has 2 aliphatic rings. The van der Waals surface area contributed by atoms with E-state index in [9.17, 15) is 4.79 Å². The van der Waals surface area contributed by atoms with E-state index in [2.05, 4.69) is 5.32 Å². The van der Waals surface area contributed by atoms with E-state index < -0.39 is 0 Å². The summed E-state index contributed by atoms with van der Waals surface area (Å²) in [4.78, 5) is 12.3. The zero-order valence-electron chi connectivity index (χ0n) is 9.63. The number of nitrogens with one attached hydrogen (secondary N) is 1. The highest BCUT2D eigenvalue weighted by atomic mass is 16.1. The highest BCUT2D eigenvalue weighted by Gasteiger charge is 2.28. The van der Waals surface area contributed by atoms with E-state index in [0.29, 0.717) is 17.6 Å². The van der Waals surface area contributed by atoms with Gasteiger partial charge in [-0.3, -0.25) is 4.79 Å². The van der Waals surface area contributed by atoms with Crippen LogP contribution in [0.5, 0.6) is 0 Å². The van der Waals surface area contributed by atoms with Gasteiger partial charge in [0.25, 0.3) is 0 Å². The molecule has 0 aromatic heterocycles. The summed E-state index contributed by atoms with van der Waals surface area (Å²) in [5.74, 6) is 1.31. The topological polar surface area (TPSA) is 29.1 Å². The van der Waals surface area contributed by atoms with Crippen molar-refractivity contribution in [3.05, 3.63) is 0 Å². The summed E-state index contributed by atoms with van der Waals surface area (Å²) in [6, 6.07) is 0. The lowest BCUT2D eigenvalue weighted by Crippen LogP contribution is -2.37. The highest BCUT2D eigenvalue weighted by Crippen LogP contribution is 2.27. The second kappa shape index (κ2) is 5.64. The van der Waals surface area contributed by atoms with E-state index in [1.165, 1.54) is 32.1 Å². The summed E-state index contributed by atoms with van der Waals surface area (Å²) in [7, 11) is 0. The lowest BCUT2D eigenvalue weighted by molar-refractivity contribution is -0.127. The van der Waals surface area contributed by atoms with Crippen molar-refractivity contribution >= 4 is 5.78 Å². The maximum Gasteiger partial charge on any atom is 0.140 e. The van der Waals surface area contributed by atoms with Gasteiger partial charge < -0.3 is 5.32 Å². The minimum absolute atomic E-state index is 0.335. The molecular weight excluding hydrogens is 186 g/mol. The molecule has 0 amide bonds. The number of Topliss-reactive ketones (excluding diaryl/α,β-unsaturated/α-hetero) is 1. The molecule has 1 N–H and O–H groups in total. The first-order valence-corrected chi connectivity index (χ1v) is 6.62. The van der Waals surface area contributed by atoms with E-state index in [1.54, 1.807) is 0 Å². The fourth-order valence-corrected chi connectivity index (χ4v) is 2.99. The summed E-state index contributed by atoms with van der Waals surface area (Å²) < 4.78 is 0. The predicted molar refractivity (Wildman–Crippen MR) is 61.8 cm³/mol. The Morgan fingerprint density at radius 1 is 0.867 bits per heavy atom. The van der Waals surface area contributed by atoms with E-state index in [4.69, 9.17) is 0 Å². The molecule has 0 aromatic carbocycles. The Balaban J connectivity index is 1.87. The molecule has 86 valence electrons. The monoisotopic (exact) mass is 209 g/mol. The van der Waals surface area contributed by atoms with Crippen LogP contribution in [0.1, 0.15) is 51.4 Å². The van der Waals surface area contributed by atoms with Crippen molar-refractivity contribution < 1.29 is 4.79 Å². The molecule has 0 spiro atoms. The summed E-state index contributed by atoms with van der Waals surface area (Å²) >= 11 is 0. The molecular formula is C13H23NO. The Kier molecular flexibility index (Phi) is 4.18. The molecule has 1 aliphatic heterocycles. The van der Waals surface area contributed by atoms with Crippen molar-refractivity contribution in [2.45, 2.75) is 51.4 Å². The van der Waals surface area contributed by atoms with Gasteiger partial charge in [-0.1, -0.05) is 25.7 Å². The number of hydrogen-bond acceptors (Lipinski definition) is 2. The first-order valence-electron chi connectivity index (χ1n) is 6.62. The number of carbonyl (C=O) groups is 1. The maximum atomic E-state index is 12.3. The van der Waals surface area contributed by atoms with Crippen molar-refractivity contribution in [3.63, 3.8) is 0 Å². The quantitative estimate of drug-likeness (QED) is 0.708. The lowest BCUT2D eigenvalue weighted by Gasteiger charge is -2.25. The minimum atomic E-state index is 0.335. The fourth-order valence-electron chi connectivity index (χ4n) is 2.99. The molecule has 1 saturated heterocycles. The molecule has 1 saturated carbocycles. The Labute approximate surface area is 92.8 Å². The number of hydrogen-bond donors (Lipinski definition) is 1. The third kappa shape index (κ3) is 3.04. The molecule has 0 aromatic rings. The standard InChI is InChI=1S/C13H23NO/c15-13(12-8-5-9-14-10-12)11-6-3-1-2-4-7-11/h11-12,14H,1-10H2. The molecule has 15 heavy (non-hydrogen) atoms. The van der Waals surface area contributed by atoms with Gasteiger partial charge in [0.1, 0.15) is 5.78 Å². The minimum Gasteiger partial charge on any atom is -0.316 e. The van der Waals surface area contributed by atoms with Gasteiger partial charge in [-0.25, -0.2) is 0 Å². The van der Waals surface area contributed by atoms with Crippen LogP contribution in [0.3, 0.4) is 0 Å². The van der Waals surface area contributed by atoms with Crippen molar-refractivity contribution in [3.8, 4) is 0 Å². The number of rotatable bonds is 2. The summed E-state index contributed by atoms with van der Waals surface area (Å²) in [6.45, 7) is 2.05. The van der Waals surface area contributed by atoms with Crippen LogP contribution in [-0.2, 0) is 4.79 Å². The van der Waals surface area contributed by atoms with Gasteiger partial charge in [0.05, 0.1) is 0 Å². The lowest BCUT2D eigenvalue weighted by atomic mass is 9.84. The van der Waals surface area contributed by atoms with Gasteiger partial charge in [0, 0.05) is 18.4 Å². The van der Waals surface area contributed by atoms with Gasteiger partial charge in [-0.05, 0) is 32.2 Å². The molecule has 2 rings (SSSR count). The van der Waals surface area contributed by atoms with Crippen LogP contribution in [-0.4, -0.2) is 18.9 Å². The molecule has 1 aliphatic carbocycles.